The van der Waals surface area contributed by atoms with Gasteiger partial charge >= 0.3 is 11.8 Å². The molecule has 1 amide bonds. The molecule has 0 bridgehead atoms. The van der Waals surface area contributed by atoms with E-state index in [9.17, 15) is 4.79 Å². The zero-order valence-corrected chi connectivity index (χ0v) is 26.2. The molecule has 0 unspecified atom stereocenters. The minimum atomic E-state index is -1.34. The molecule has 44 heavy (non-hydrogen) atoms. The number of nitrogens with zero attached hydrogens (tertiary/aromatic N) is 5. The number of aromatic nitrogens is 6. The molecule has 1 aliphatic heterocycles. The van der Waals surface area contributed by atoms with E-state index in [2.05, 4.69) is 40.9 Å². The molecule has 10 nitrogen and oxygen atoms in total. The molecular weight excluding hydrogens is 583 g/mol. The van der Waals surface area contributed by atoms with Gasteiger partial charge in [-0.15, -0.1) is 12.4 Å². The molecule has 0 saturated carbocycles. The number of hydrogen-bond acceptors (Lipinski definition) is 8. The highest BCUT2D eigenvalue weighted by atomic mass is 35.5. The van der Waals surface area contributed by atoms with E-state index in [0.29, 0.717) is 43.0 Å². The molecule has 0 aliphatic carbocycles. The second-order valence-corrected chi connectivity index (χ2v) is 12.3. The first kappa shape index (κ1) is 31.2. The Morgan fingerprint density at radius 3 is 2.50 bits per heavy atom. The van der Waals surface area contributed by atoms with Gasteiger partial charge in [-0.05, 0) is 69.1 Å². The second kappa shape index (κ2) is 12.0. The van der Waals surface area contributed by atoms with E-state index in [0.717, 1.165) is 39.0 Å². The van der Waals surface area contributed by atoms with Crippen LogP contribution in [-0.4, -0.2) is 49.3 Å². The van der Waals surface area contributed by atoms with Crippen LogP contribution < -0.4 is 10.6 Å². The fourth-order valence-electron chi connectivity index (χ4n) is 5.47. The molecule has 0 spiro atoms. The number of nitrogens with one attached hydrogen (secondary N) is 3. The van der Waals surface area contributed by atoms with Gasteiger partial charge in [-0.2, -0.15) is 10.1 Å². The summed E-state index contributed by atoms with van der Waals surface area (Å²) in [7, 11) is 0. The van der Waals surface area contributed by atoms with Crippen molar-refractivity contribution in [1.82, 2.24) is 40.9 Å². The Labute approximate surface area is 261 Å². The molecule has 1 atom stereocenters. The Bertz CT molecular complexity index is 1790. The van der Waals surface area contributed by atoms with Crippen molar-refractivity contribution in [1.29, 1.82) is 0 Å². The predicted octanol–water partition coefficient (Wildman–Crippen LogP) is 6.14. The summed E-state index contributed by atoms with van der Waals surface area (Å²) in [5.41, 5.74) is 4.75. The number of rotatable bonds is 6. The molecule has 1 saturated heterocycles. The maximum absolute atomic E-state index is 15.4. The highest BCUT2D eigenvalue weighted by molar-refractivity contribution is 5.93. The number of halogens is 2. The molecule has 3 N–H and O–H groups in total. The summed E-state index contributed by atoms with van der Waals surface area (Å²) in [4.78, 5) is 26.2. The first-order valence-corrected chi connectivity index (χ1v) is 14.5. The molecule has 5 aromatic rings. The number of piperidine rings is 1. The topological polar surface area (TPSA) is 135 Å². The van der Waals surface area contributed by atoms with E-state index in [1.165, 1.54) is 0 Å². The minimum Gasteiger partial charge on any atom is -0.341 e. The number of amides is 1. The molecule has 1 aromatic carbocycles. The number of carbonyl (C=O) groups is 1. The zero-order chi connectivity index (χ0) is 30.4. The third-order valence-corrected chi connectivity index (χ3v) is 8.04. The van der Waals surface area contributed by atoms with Crippen LogP contribution in [0.3, 0.4) is 0 Å². The molecule has 6 rings (SSSR count). The Balaban J connectivity index is 0.00000384. The summed E-state index contributed by atoms with van der Waals surface area (Å²) in [6.07, 6.45) is 4.28. The van der Waals surface area contributed by atoms with Gasteiger partial charge in [0.1, 0.15) is 11.4 Å². The molecule has 1 fully saturated rings. The Kier molecular flexibility index (Phi) is 8.55. The number of aromatic amines is 1. The van der Waals surface area contributed by atoms with Crippen molar-refractivity contribution in [3.63, 3.8) is 0 Å². The van der Waals surface area contributed by atoms with Crippen molar-refractivity contribution >= 4 is 29.3 Å². The van der Waals surface area contributed by atoms with Crippen molar-refractivity contribution in [2.24, 2.45) is 0 Å². The van der Waals surface area contributed by atoms with Crippen LogP contribution in [0.25, 0.3) is 33.5 Å². The van der Waals surface area contributed by atoms with Crippen molar-refractivity contribution in [2.75, 3.05) is 13.1 Å². The first-order valence-electron chi connectivity index (χ1n) is 14.5. The third kappa shape index (κ3) is 6.07. The smallest absolute Gasteiger partial charge is 0.315 e. The molecular formula is C32H36ClFN8O2. The molecule has 1 aliphatic rings. The van der Waals surface area contributed by atoms with Gasteiger partial charge in [-0.1, -0.05) is 44.1 Å². The van der Waals surface area contributed by atoms with Crippen molar-refractivity contribution < 1.29 is 13.7 Å². The summed E-state index contributed by atoms with van der Waals surface area (Å²) < 4.78 is 20.6. The van der Waals surface area contributed by atoms with E-state index in [4.69, 9.17) is 4.52 Å². The Morgan fingerprint density at radius 1 is 1.07 bits per heavy atom. The van der Waals surface area contributed by atoms with Crippen LogP contribution in [0.15, 0.2) is 53.3 Å². The summed E-state index contributed by atoms with van der Waals surface area (Å²) in [6, 6.07) is 11.4. The van der Waals surface area contributed by atoms with Gasteiger partial charge in [0, 0.05) is 39.9 Å². The van der Waals surface area contributed by atoms with Crippen LogP contribution in [0, 0.1) is 6.92 Å². The lowest BCUT2D eigenvalue weighted by atomic mass is 9.88. The lowest BCUT2D eigenvalue weighted by molar-refractivity contribution is 0.0895. The van der Waals surface area contributed by atoms with Gasteiger partial charge in [0.2, 0.25) is 0 Å². The monoisotopic (exact) mass is 618 g/mol. The van der Waals surface area contributed by atoms with Gasteiger partial charge < -0.3 is 15.2 Å². The number of fused-ring (bicyclic) bond motifs is 1. The number of carbonyl (C=O) groups excluding carboxylic acids is 1. The lowest BCUT2D eigenvalue weighted by Gasteiger charge is -2.30. The van der Waals surface area contributed by atoms with Crippen molar-refractivity contribution in [3.8, 4) is 22.5 Å². The highest BCUT2D eigenvalue weighted by Gasteiger charge is 2.34. The number of H-pyrrole nitrogens is 1. The number of aryl methyl sites for hydroxylation is 1. The van der Waals surface area contributed by atoms with Crippen LogP contribution >= 0.6 is 12.4 Å². The third-order valence-electron chi connectivity index (χ3n) is 8.04. The van der Waals surface area contributed by atoms with Gasteiger partial charge in [0.15, 0.2) is 11.5 Å². The van der Waals surface area contributed by atoms with E-state index < -0.39 is 11.6 Å². The van der Waals surface area contributed by atoms with E-state index in [1.54, 1.807) is 12.4 Å². The summed E-state index contributed by atoms with van der Waals surface area (Å²) in [5.74, 6) is -0.000199. The summed E-state index contributed by atoms with van der Waals surface area (Å²) in [5, 5.41) is 18.5. The molecule has 0 radical (unpaired) electrons. The van der Waals surface area contributed by atoms with Gasteiger partial charge in [0.05, 0.1) is 11.7 Å². The van der Waals surface area contributed by atoms with Crippen molar-refractivity contribution in [3.05, 3.63) is 77.2 Å². The number of benzene rings is 1. The van der Waals surface area contributed by atoms with Gasteiger partial charge in [-0.3, -0.25) is 14.9 Å². The quantitative estimate of drug-likeness (QED) is 0.207. The number of hydrogen-bond donors (Lipinski definition) is 3. The predicted molar refractivity (Wildman–Crippen MR) is 168 cm³/mol. The Hall–Kier alpha value is -4.22. The fourth-order valence-corrected chi connectivity index (χ4v) is 5.47. The molecule has 4 aromatic heterocycles. The van der Waals surface area contributed by atoms with Crippen LogP contribution in [0.1, 0.15) is 79.8 Å². The number of alkyl halides is 1. The van der Waals surface area contributed by atoms with Crippen LogP contribution in [0.2, 0.25) is 0 Å². The first-order chi connectivity index (χ1) is 20.5. The highest BCUT2D eigenvalue weighted by Crippen LogP contribution is 2.36. The molecule has 12 heteroatoms. The maximum Gasteiger partial charge on any atom is 0.315 e. The van der Waals surface area contributed by atoms with Crippen LogP contribution in [-0.2, 0) is 11.1 Å². The normalized spacial score (nSPS) is 15.5. The standard InChI is InChI=1S/C32H35FN8O2.ClH/c1-18-14-20(6-8-23(18)19(2)37-28(42)29-38-30(41-43-29)31(3,4)5)26-24-15-21(16-36-27(24)40-39-26)25-9-7-22(17-35-25)32(33)10-12-34-13-11-32;/h6-9,14-17,19,34H,10-13H2,1-5H3,(H,37,42)(H,36,39,40);1H/t19-;/m1./s1. The fraction of sp³-hybridized carbons (Fsp3) is 0.375. The van der Waals surface area contributed by atoms with Crippen LogP contribution in [0.4, 0.5) is 4.39 Å². The average Bonchev–Trinajstić information content (AvgIpc) is 3.66. The summed E-state index contributed by atoms with van der Waals surface area (Å²) >= 11 is 0. The van der Waals surface area contributed by atoms with Gasteiger partial charge in [0.25, 0.3) is 0 Å². The van der Waals surface area contributed by atoms with Crippen LogP contribution in [0.5, 0.6) is 0 Å². The average molecular weight is 619 g/mol. The van der Waals surface area contributed by atoms with E-state index >= 15 is 4.39 Å². The van der Waals surface area contributed by atoms with Gasteiger partial charge in [-0.25, -0.2) is 9.37 Å². The zero-order valence-electron chi connectivity index (χ0n) is 25.4. The minimum absolute atomic E-state index is 0. The molecule has 230 valence electrons. The molecule has 5 heterocycles. The van der Waals surface area contributed by atoms with E-state index in [-0.39, 0.29) is 29.8 Å². The largest absolute Gasteiger partial charge is 0.341 e. The van der Waals surface area contributed by atoms with Crippen molar-refractivity contribution in [2.45, 2.75) is 64.6 Å². The van der Waals surface area contributed by atoms with E-state index in [1.807, 2.05) is 71.0 Å². The maximum atomic E-state index is 15.4. The Morgan fingerprint density at radius 2 is 1.84 bits per heavy atom. The number of pyridine rings is 2. The second-order valence-electron chi connectivity index (χ2n) is 12.3. The summed E-state index contributed by atoms with van der Waals surface area (Å²) in [6.45, 7) is 11.1. The lowest BCUT2D eigenvalue weighted by Crippen LogP contribution is -2.36. The SMILES string of the molecule is Cc1cc(-c2n[nH]c3ncc(-c4ccc(C5(F)CCNCC5)cn4)cc23)ccc1[C@@H](C)NC(=O)c1nc(C(C)(C)C)no1.Cl.